The molecule has 1 heterocycles. The molecule has 0 amide bonds. The lowest BCUT2D eigenvalue weighted by Gasteiger charge is -2.15. The van der Waals surface area contributed by atoms with Crippen molar-refractivity contribution in [2.45, 2.75) is 34.2 Å². The summed E-state index contributed by atoms with van der Waals surface area (Å²) in [6, 6.07) is 14.2. The fourth-order valence-corrected chi connectivity index (χ4v) is 3.24. The van der Waals surface area contributed by atoms with Crippen LogP contribution < -0.4 is 15.4 Å². The van der Waals surface area contributed by atoms with Gasteiger partial charge in [-0.2, -0.15) is 4.98 Å². The first kappa shape index (κ1) is 18.7. The SMILES string of the molecule is COc1ccccc1CNc1cc(C)nc(Nc2c(C)cc(C)cc2C)n1. The molecule has 0 aliphatic rings. The van der Waals surface area contributed by atoms with Gasteiger partial charge in [-0.15, -0.1) is 0 Å². The molecule has 0 radical (unpaired) electrons. The minimum absolute atomic E-state index is 0.590. The predicted octanol–water partition coefficient (Wildman–Crippen LogP) is 5.07. The van der Waals surface area contributed by atoms with Crippen molar-refractivity contribution in [1.29, 1.82) is 0 Å². The van der Waals surface area contributed by atoms with Gasteiger partial charge in [0, 0.05) is 29.6 Å². The Morgan fingerprint density at radius 3 is 2.33 bits per heavy atom. The van der Waals surface area contributed by atoms with Crippen molar-refractivity contribution in [2.75, 3.05) is 17.7 Å². The summed E-state index contributed by atoms with van der Waals surface area (Å²) in [6.45, 7) is 8.89. The van der Waals surface area contributed by atoms with Crippen LogP contribution in [0.4, 0.5) is 17.5 Å². The van der Waals surface area contributed by atoms with Gasteiger partial charge < -0.3 is 15.4 Å². The molecular formula is C22H26N4O. The van der Waals surface area contributed by atoms with E-state index < -0.39 is 0 Å². The number of hydrogen-bond donors (Lipinski definition) is 2. The van der Waals surface area contributed by atoms with Crippen molar-refractivity contribution in [3.8, 4) is 5.75 Å². The summed E-state index contributed by atoms with van der Waals surface area (Å²) in [6.07, 6.45) is 0. The van der Waals surface area contributed by atoms with Crippen LogP contribution in [0.3, 0.4) is 0 Å². The van der Waals surface area contributed by atoms with Gasteiger partial charge in [0.25, 0.3) is 0 Å². The van der Waals surface area contributed by atoms with E-state index in [1.807, 2.05) is 37.3 Å². The largest absolute Gasteiger partial charge is 0.496 e. The van der Waals surface area contributed by atoms with Crippen LogP contribution in [0.5, 0.6) is 5.75 Å². The van der Waals surface area contributed by atoms with E-state index in [1.165, 1.54) is 16.7 Å². The maximum Gasteiger partial charge on any atom is 0.229 e. The summed E-state index contributed by atoms with van der Waals surface area (Å²) in [7, 11) is 1.68. The number of nitrogens with zero attached hydrogens (tertiary/aromatic N) is 2. The number of aryl methyl sites for hydroxylation is 4. The summed E-state index contributed by atoms with van der Waals surface area (Å²) < 4.78 is 5.41. The van der Waals surface area contributed by atoms with Gasteiger partial charge in [-0.05, 0) is 44.9 Å². The molecule has 0 unspecified atom stereocenters. The monoisotopic (exact) mass is 362 g/mol. The molecule has 140 valence electrons. The van der Waals surface area contributed by atoms with Gasteiger partial charge in [-0.25, -0.2) is 4.98 Å². The normalized spacial score (nSPS) is 10.6. The molecule has 27 heavy (non-hydrogen) atoms. The van der Waals surface area contributed by atoms with Crippen LogP contribution in [0.2, 0.25) is 0 Å². The molecule has 3 rings (SSSR count). The second-order valence-electron chi connectivity index (χ2n) is 6.78. The molecule has 2 N–H and O–H groups in total. The number of ether oxygens (including phenoxy) is 1. The summed E-state index contributed by atoms with van der Waals surface area (Å²) in [5, 5.41) is 6.75. The third-order valence-corrected chi connectivity index (χ3v) is 4.42. The third kappa shape index (κ3) is 4.56. The van der Waals surface area contributed by atoms with E-state index in [2.05, 4.69) is 53.5 Å². The molecule has 3 aromatic rings. The number of benzene rings is 2. The first-order valence-electron chi connectivity index (χ1n) is 9.02. The fourth-order valence-electron chi connectivity index (χ4n) is 3.24. The smallest absolute Gasteiger partial charge is 0.229 e. The van der Waals surface area contributed by atoms with Crippen molar-refractivity contribution in [1.82, 2.24) is 9.97 Å². The standard InChI is InChI=1S/C22H26N4O/c1-14-10-15(2)21(16(3)11-14)26-22-24-17(4)12-20(25-22)23-13-18-8-6-7-9-19(18)27-5/h6-12H,13H2,1-5H3,(H2,23,24,25,26). The molecule has 0 spiro atoms. The second kappa shape index (κ2) is 8.08. The fraction of sp³-hybridized carbons (Fsp3) is 0.273. The first-order valence-corrected chi connectivity index (χ1v) is 9.02. The lowest BCUT2D eigenvalue weighted by Crippen LogP contribution is -2.07. The molecule has 0 atom stereocenters. The number of nitrogens with one attached hydrogen (secondary N) is 2. The van der Waals surface area contributed by atoms with Crippen LogP contribution in [0, 0.1) is 27.7 Å². The van der Waals surface area contributed by atoms with Gasteiger partial charge in [0.15, 0.2) is 0 Å². The van der Waals surface area contributed by atoms with Crippen molar-refractivity contribution in [3.63, 3.8) is 0 Å². The van der Waals surface area contributed by atoms with E-state index in [9.17, 15) is 0 Å². The maximum absolute atomic E-state index is 5.41. The average molecular weight is 362 g/mol. The zero-order valence-corrected chi connectivity index (χ0v) is 16.6. The zero-order valence-electron chi connectivity index (χ0n) is 16.6. The number of anilines is 3. The topological polar surface area (TPSA) is 59.1 Å². The number of hydrogen-bond acceptors (Lipinski definition) is 5. The molecular weight excluding hydrogens is 336 g/mol. The first-order chi connectivity index (χ1) is 13.0. The van der Waals surface area contributed by atoms with Crippen LogP contribution in [-0.4, -0.2) is 17.1 Å². The highest BCUT2D eigenvalue weighted by molar-refractivity contribution is 5.64. The Morgan fingerprint density at radius 2 is 1.63 bits per heavy atom. The molecule has 0 aliphatic heterocycles. The summed E-state index contributed by atoms with van der Waals surface area (Å²) >= 11 is 0. The molecule has 0 saturated carbocycles. The highest BCUT2D eigenvalue weighted by atomic mass is 16.5. The number of aromatic nitrogens is 2. The molecule has 1 aromatic heterocycles. The number of para-hydroxylation sites is 1. The van der Waals surface area contributed by atoms with Gasteiger partial charge in [-0.3, -0.25) is 0 Å². The van der Waals surface area contributed by atoms with Crippen LogP contribution in [0.1, 0.15) is 27.9 Å². The van der Waals surface area contributed by atoms with Gasteiger partial charge in [-0.1, -0.05) is 35.9 Å². The lowest BCUT2D eigenvalue weighted by atomic mass is 10.1. The van der Waals surface area contributed by atoms with E-state index in [1.54, 1.807) is 7.11 Å². The maximum atomic E-state index is 5.41. The van der Waals surface area contributed by atoms with Gasteiger partial charge in [0.2, 0.25) is 5.95 Å². The van der Waals surface area contributed by atoms with Crippen molar-refractivity contribution < 1.29 is 4.74 Å². The highest BCUT2D eigenvalue weighted by Crippen LogP contribution is 2.25. The van der Waals surface area contributed by atoms with E-state index in [0.717, 1.165) is 28.5 Å². The Labute approximate surface area is 160 Å². The lowest BCUT2D eigenvalue weighted by molar-refractivity contribution is 0.410. The van der Waals surface area contributed by atoms with Crippen molar-refractivity contribution >= 4 is 17.5 Å². The van der Waals surface area contributed by atoms with Gasteiger partial charge in [0.05, 0.1) is 7.11 Å². The second-order valence-corrected chi connectivity index (χ2v) is 6.78. The van der Waals surface area contributed by atoms with Crippen LogP contribution in [-0.2, 0) is 6.54 Å². The Morgan fingerprint density at radius 1 is 0.926 bits per heavy atom. The molecule has 0 aliphatic carbocycles. The molecule has 0 fully saturated rings. The highest BCUT2D eigenvalue weighted by Gasteiger charge is 2.09. The van der Waals surface area contributed by atoms with E-state index in [-0.39, 0.29) is 0 Å². The molecule has 5 nitrogen and oxygen atoms in total. The molecule has 5 heteroatoms. The summed E-state index contributed by atoms with van der Waals surface area (Å²) in [5.41, 5.74) is 6.65. The Bertz CT molecular complexity index is 930. The average Bonchev–Trinajstić information content (AvgIpc) is 2.63. The van der Waals surface area contributed by atoms with Gasteiger partial charge >= 0.3 is 0 Å². The quantitative estimate of drug-likeness (QED) is 0.641. The van der Waals surface area contributed by atoms with E-state index in [4.69, 9.17) is 4.74 Å². The minimum Gasteiger partial charge on any atom is -0.496 e. The van der Waals surface area contributed by atoms with Crippen LogP contribution >= 0.6 is 0 Å². The van der Waals surface area contributed by atoms with Crippen LogP contribution in [0.25, 0.3) is 0 Å². The Hall–Kier alpha value is -3.08. The van der Waals surface area contributed by atoms with E-state index in [0.29, 0.717) is 12.5 Å². The van der Waals surface area contributed by atoms with E-state index >= 15 is 0 Å². The minimum atomic E-state index is 0.590. The van der Waals surface area contributed by atoms with Crippen molar-refractivity contribution in [3.05, 3.63) is 70.4 Å². The van der Waals surface area contributed by atoms with Crippen LogP contribution in [0.15, 0.2) is 42.5 Å². The number of rotatable bonds is 6. The summed E-state index contributed by atoms with van der Waals surface area (Å²) in [5.74, 6) is 2.23. The number of methoxy groups -OCH3 is 1. The zero-order chi connectivity index (χ0) is 19.4. The summed E-state index contributed by atoms with van der Waals surface area (Å²) in [4.78, 5) is 9.17. The van der Waals surface area contributed by atoms with Crippen molar-refractivity contribution in [2.24, 2.45) is 0 Å². The Balaban J connectivity index is 1.81. The predicted molar refractivity (Wildman–Crippen MR) is 111 cm³/mol. The third-order valence-electron chi connectivity index (χ3n) is 4.42. The molecule has 2 aromatic carbocycles. The molecule has 0 saturated heterocycles. The Kier molecular flexibility index (Phi) is 5.60. The molecule has 0 bridgehead atoms. The van der Waals surface area contributed by atoms with Gasteiger partial charge in [0.1, 0.15) is 11.6 Å².